The van der Waals surface area contributed by atoms with E-state index in [1.165, 1.54) is 17.4 Å². The van der Waals surface area contributed by atoms with Gasteiger partial charge in [0.2, 0.25) is 10.0 Å². The fraction of sp³-hybridized carbons (Fsp3) is 0.250. The number of hydrogen-bond acceptors (Lipinski definition) is 5. The molecular formula is C12H15N3O2S2. The van der Waals surface area contributed by atoms with Crippen molar-refractivity contribution < 1.29 is 8.42 Å². The number of benzene rings is 1. The van der Waals surface area contributed by atoms with Gasteiger partial charge in [0.1, 0.15) is 9.90 Å². The van der Waals surface area contributed by atoms with Crippen LogP contribution in [0, 0.1) is 0 Å². The van der Waals surface area contributed by atoms with Crippen LogP contribution in [0.1, 0.15) is 16.8 Å². The van der Waals surface area contributed by atoms with Crippen molar-refractivity contribution in [2.45, 2.75) is 24.8 Å². The van der Waals surface area contributed by atoms with Crippen LogP contribution < -0.4 is 10.5 Å². The molecule has 0 aliphatic carbocycles. The molecule has 5 nitrogen and oxygen atoms in total. The lowest BCUT2D eigenvalue weighted by molar-refractivity contribution is 0.581. The zero-order valence-corrected chi connectivity index (χ0v) is 12.1. The van der Waals surface area contributed by atoms with Gasteiger partial charge in [0, 0.05) is 11.1 Å². The first kappa shape index (κ1) is 14.0. The van der Waals surface area contributed by atoms with E-state index in [2.05, 4.69) is 9.71 Å². The van der Waals surface area contributed by atoms with Crippen molar-refractivity contribution in [3.8, 4) is 0 Å². The second-order valence-electron chi connectivity index (χ2n) is 3.94. The predicted molar refractivity (Wildman–Crippen MR) is 76.4 cm³/mol. The fourth-order valence-electron chi connectivity index (χ4n) is 1.55. The standard InChI is InChI=1S/C12H15N3O2S2/c1-2-9-7-14-12(18-9)8-15-19(16,17)11-6-4-3-5-10(11)13/h3-7,15H,2,8,13H2,1H3. The van der Waals surface area contributed by atoms with E-state index >= 15 is 0 Å². The van der Waals surface area contributed by atoms with Crippen molar-refractivity contribution in [1.29, 1.82) is 0 Å². The average molecular weight is 297 g/mol. The summed E-state index contributed by atoms with van der Waals surface area (Å²) in [5.41, 5.74) is 5.91. The minimum Gasteiger partial charge on any atom is -0.398 e. The summed E-state index contributed by atoms with van der Waals surface area (Å²) in [6, 6.07) is 6.39. The summed E-state index contributed by atoms with van der Waals surface area (Å²) in [5.74, 6) is 0. The molecule has 1 aromatic carbocycles. The van der Waals surface area contributed by atoms with E-state index in [-0.39, 0.29) is 17.1 Å². The highest BCUT2D eigenvalue weighted by molar-refractivity contribution is 7.89. The van der Waals surface area contributed by atoms with E-state index in [9.17, 15) is 8.42 Å². The number of nitrogens with two attached hydrogens (primary N) is 1. The lowest BCUT2D eigenvalue weighted by Gasteiger charge is -2.07. The maximum atomic E-state index is 12.1. The smallest absolute Gasteiger partial charge is 0.242 e. The molecule has 1 aromatic heterocycles. The highest BCUT2D eigenvalue weighted by Gasteiger charge is 2.17. The van der Waals surface area contributed by atoms with Gasteiger partial charge in [0.25, 0.3) is 0 Å². The Morgan fingerprint density at radius 1 is 1.37 bits per heavy atom. The Hall–Kier alpha value is -1.44. The van der Waals surface area contributed by atoms with Crippen LogP contribution in [0.5, 0.6) is 0 Å². The van der Waals surface area contributed by atoms with Crippen molar-refractivity contribution in [3.63, 3.8) is 0 Å². The summed E-state index contributed by atoms with van der Waals surface area (Å²) >= 11 is 1.50. The molecule has 0 aliphatic heterocycles. The molecule has 0 radical (unpaired) electrons. The van der Waals surface area contributed by atoms with Gasteiger partial charge in [-0.05, 0) is 18.6 Å². The summed E-state index contributed by atoms with van der Waals surface area (Å²) < 4.78 is 26.7. The van der Waals surface area contributed by atoms with Crippen molar-refractivity contribution >= 4 is 27.0 Å². The Bertz CT molecular complexity index is 665. The first-order valence-corrected chi connectivity index (χ1v) is 8.10. The number of nitrogens with zero attached hydrogens (tertiary/aromatic N) is 1. The number of nitrogen functional groups attached to an aromatic ring is 1. The van der Waals surface area contributed by atoms with Gasteiger partial charge in [0.15, 0.2) is 0 Å². The third kappa shape index (κ3) is 3.31. The van der Waals surface area contributed by atoms with Crippen LogP contribution in [0.15, 0.2) is 35.4 Å². The monoisotopic (exact) mass is 297 g/mol. The number of anilines is 1. The van der Waals surface area contributed by atoms with Crippen molar-refractivity contribution in [2.24, 2.45) is 0 Å². The third-order valence-corrected chi connectivity index (χ3v) is 5.19. The Labute approximate surface area is 116 Å². The first-order valence-electron chi connectivity index (χ1n) is 5.80. The van der Waals surface area contributed by atoms with E-state index in [1.807, 2.05) is 6.92 Å². The van der Waals surface area contributed by atoms with Gasteiger partial charge < -0.3 is 5.73 Å². The van der Waals surface area contributed by atoms with Gasteiger partial charge in [-0.25, -0.2) is 18.1 Å². The Balaban J connectivity index is 2.12. The lowest BCUT2D eigenvalue weighted by atomic mass is 10.3. The molecule has 102 valence electrons. The number of sulfonamides is 1. The maximum Gasteiger partial charge on any atom is 0.242 e. The summed E-state index contributed by atoms with van der Waals surface area (Å²) in [6.45, 7) is 2.22. The van der Waals surface area contributed by atoms with Crippen LogP contribution >= 0.6 is 11.3 Å². The van der Waals surface area contributed by atoms with Crippen molar-refractivity contribution in [3.05, 3.63) is 40.3 Å². The van der Waals surface area contributed by atoms with Gasteiger partial charge in [-0.2, -0.15) is 0 Å². The normalized spacial score (nSPS) is 11.6. The second-order valence-corrected chi connectivity index (χ2v) is 6.87. The first-order chi connectivity index (χ1) is 9.03. The van der Waals surface area contributed by atoms with Gasteiger partial charge in [-0.15, -0.1) is 11.3 Å². The number of thiazole rings is 1. The molecule has 0 amide bonds. The predicted octanol–water partition coefficient (Wildman–Crippen LogP) is 1.77. The molecule has 0 spiro atoms. The number of rotatable bonds is 5. The molecule has 0 aliphatic rings. The summed E-state index contributed by atoms with van der Waals surface area (Å²) in [5, 5.41) is 0.745. The Kier molecular flexibility index (Phi) is 4.18. The molecule has 0 saturated heterocycles. The molecule has 3 N–H and O–H groups in total. The van der Waals surface area contributed by atoms with Gasteiger partial charge >= 0.3 is 0 Å². The maximum absolute atomic E-state index is 12.1. The average Bonchev–Trinajstić information content (AvgIpc) is 2.85. The number of aromatic nitrogens is 1. The van der Waals surface area contributed by atoms with Crippen molar-refractivity contribution in [2.75, 3.05) is 5.73 Å². The van der Waals surface area contributed by atoms with Crippen LogP contribution in [0.3, 0.4) is 0 Å². The molecule has 2 rings (SSSR count). The van der Waals surface area contributed by atoms with Crippen molar-refractivity contribution in [1.82, 2.24) is 9.71 Å². The number of nitrogens with one attached hydrogen (secondary N) is 1. The summed E-state index contributed by atoms with van der Waals surface area (Å²) in [6.07, 6.45) is 2.67. The molecule has 7 heteroatoms. The molecule has 1 heterocycles. The zero-order chi connectivity index (χ0) is 13.9. The molecule has 0 saturated carbocycles. The minimum atomic E-state index is -3.59. The molecule has 0 atom stereocenters. The lowest BCUT2D eigenvalue weighted by Crippen LogP contribution is -2.24. The van der Waals surface area contributed by atoms with Crippen LogP contribution in [0.2, 0.25) is 0 Å². The van der Waals surface area contributed by atoms with Crippen LogP contribution in [-0.4, -0.2) is 13.4 Å². The zero-order valence-electron chi connectivity index (χ0n) is 10.5. The van der Waals surface area contributed by atoms with Crippen LogP contribution in [-0.2, 0) is 23.0 Å². The topological polar surface area (TPSA) is 85.1 Å². The SMILES string of the molecule is CCc1cnc(CNS(=O)(=O)c2ccccc2N)s1. The van der Waals surface area contributed by atoms with E-state index < -0.39 is 10.0 Å². The molecule has 0 unspecified atom stereocenters. The van der Waals surface area contributed by atoms with Gasteiger partial charge in [-0.3, -0.25) is 0 Å². The fourth-order valence-corrected chi connectivity index (χ4v) is 3.56. The highest BCUT2D eigenvalue weighted by Crippen LogP contribution is 2.18. The van der Waals surface area contributed by atoms with E-state index in [4.69, 9.17) is 5.73 Å². The summed E-state index contributed by atoms with van der Waals surface area (Å²) in [4.78, 5) is 5.40. The number of aryl methyl sites for hydroxylation is 1. The molecular weight excluding hydrogens is 282 g/mol. The number of para-hydroxylation sites is 1. The van der Waals surface area contributed by atoms with E-state index in [1.54, 1.807) is 24.4 Å². The summed E-state index contributed by atoms with van der Waals surface area (Å²) in [7, 11) is -3.59. The molecule has 0 bridgehead atoms. The third-order valence-electron chi connectivity index (χ3n) is 2.57. The Morgan fingerprint density at radius 3 is 2.74 bits per heavy atom. The van der Waals surface area contributed by atoms with E-state index in [0.29, 0.717) is 0 Å². The molecule has 2 aromatic rings. The van der Waals surface area contributed by atoms with Crippen LogP contribution in [0.4, 0.5) is 5.69 Å². The molecule has 0 fully saturated rings. The quantitative estimate of drug-likeness (QED) is 0.824. The van der Waals surface area contributed by atoms with Gasteiger partial charge in [-0.1, -0.05) is 19.1 Å². The van der Waals surface area contributed by atoms with Crippen LogP contribution in [0.25, 0.3) is 0 Å². The minimum absolute atomic E-state index is 0.0993. The molecule has 19 heavy (non-hydrogen) atoms. The van der Waals surface area contributed by atoms with Gasteiger partial charge in [0.05, 0.1) is 12.2 Å². The van der Waals surface area contributed by atoms with E-state index in [0.717, 1.165) is 16.3 Å². The Morgan fingerprint density at radius 2 is 2.11 bits per heavy atom. The highest BCUT2D eigenvalue weighted by atomic mass is 32.2. The largest absolute Gasteiger partial charge is 0.398 e. The number of hydrogen-bond donors (Lipinski definition) is 2. The second kappa shape index (κ2) is 5.68.